The van der Waals surface area contributed by atoms with Crippen molar-refractivity contribution in [1.29, 1.82) is 0 Å². The van der Waals surface area contributed by atoms with Gasteiger partial charge in [0.25, 0.3) is 0 Å². The predicted molar refractivity (Wildman–Crippen MR) is 86.6 cm³/mol. The third-order valence-electron chi connectivity index (χ3n) is 3.83. The molecule has 1 aliphatic rings. The van der Waals surface area contributed by atoms with Crippen LogP contribution < -0.4 is 5.73 Å². The van der Waals surface area contributed by atoms with Gasteiger partial charge in [-0.05, 0) is 31.7 Å². The standard InChI is InChI=1S/C16H24N2O2.ClH/c1-12-6-8-13(9-7-12)15(17)16(19)18(2)11-14-5-3-4-10-20-14;/h6-9,14-15H,3-5,10-11,17H2,1-2H3;1H. The summed E-state index contributed by atoms with van der Waals surface area (Å²) in [5, 5.41) is 0. The van der Waals surface area contributed by atoms with Crippen LogP contribution in [0.5, 0.6) is 0 Å². The number of nitrogens with two attached hydrogens (primary N) is 1. The van der Waals surface area contributed by atoms with Crippen LogP contribution in [0, 0.1) is 6.92 Å². The van der Waals surface area contributed by atoms with Crippen LogP contribution in [-0.2, 0) is 9.53 Å². The molecule has 2 rings (SSSR count). The molecule has 0 radical (unpaired) electrons. The van der Waals surface area contributed by atoms with Gasteiger partial charge >= 0.3 is 0 Å². The Morgan fingerprint density at radius 1 is 1.38 bits per heavy atom. The Hall–Kier alpha value is -1.10. The van der Waals surface area contributed by atoms with Gasteiger partial charge in [-0.1, -0.05) is 29.8 Å². The van der Waals surface area contributed by atoms with Gasteiger partial charge in [-0.15, -0.1) is 12.4 Å². The second kappa shape index (κ2) is 8.37. The highest BCUT2D eigenvalue weighted by Gasteiger charge is 2.23. The highest BCUT2D eigenvalue weighted by Crippen LogP contribution is 2.17. The van der Waals surface area contributed by atoms with Crippen molar-refractivity contribution >= 4 is 18.3 Å². The number of nitrogens with zero attached hydrogens (tertiary/aromatic N) is 1. The summed E-state index contributed by atoms with van der Waals surface area (Å²) in [5.74, 6) is -0.0528. The molecule has 1 aromatic carbocycles. The van der Waals surface area contributed by atoms with Gasteiger partial charge in [0.1, 0.15) is 6.04 Å². The number of carbonyl (C=O) groups is 1. The molecule has 2 unspecified atom stereocenters. The number of carbonyl (C=O) groups excluding carboxylic acids is 1. The summed E-state index contributed by atoms with van der Waals surface area (Å²) >= 11 is 0. The molecule has 1 aromatic rings. The summed E-state index contributed by atoms with van der Waals surface area (Å²) in [5.41, 5.74) is 8.09. The lowest BCUT2D eigenvalue weighted by Gasteiger charge is -2.29. The molecule has 1 aliphatic heterocycles. The predicted octanol–water partition coefficient (Wildman–Crippen LogP) is 2.44. The summed E-state index contributed by atoms with van der Waals surface area (Å²) in [6.45, 7) is 3.44. The molecule has 1 fully saturated rings. The molecule has 4 nitrogen and oxygen atoms in total. The van der Waals surface area contributed by atoms with Crippen LogP contribution in [0.25, 0.3) is 0 Å². The molecular weight excluding hydrogens is 288 g/mol. The largest absolute Gasteiger partial charge is 0.376 e. The lowest BCUT2D eigenvalue weighted by molar-refractivity contribution is -0.133. The van der Waals surface area contributed by atoms with Crippen molar-refractivity contribution in [2.24, 2.45) is 5.73 Å². The fraction of sp³-hybridized carbons (Fsp3) is 0.562. The zero-order valence-corrected chi connectivity index (χ0v) is 13.6. The lowest BCUT2D eigenvalue weighted by atomic mass is 10.0. The van der Waals surface area contributed by atoms with Gasteiger partial charge in [-0.3, -0.25) is 4.79 Å². The SMILES string of the molecule is Cc1ccc(C(N)C(=O)N(C)CC2CCCCO2)cc1.Cl. The van der Waals surface area contributed by atoms with Crippen molar-refractivity contribution in [3.05, 3.63) is 35.4 Å². The van der Waals surface area contributed by atoms with Crippen LogP contribution in [0.4, 0.5) is 0 Å². The van der Waals surface area contributed by atoms with E-state index in [1.54, 1.807) is 11.9 Å². The van der Waals surface area contributed by atoms with E-state index in [0.29, 0.717) is 6.54 Å². The molecule has 1 heterocycles. The first kappa shape index (κ1) is 18.0. The number of aryl methyl sites for hydroxylation is 1. The molecule has 5 heteroatoms. The molecule has 118 valence electrons. The fourth-order valence-corrected chi connectivity index (χ4v) is 2.50. The van der Waals surface area contributed by atoms with Gasteiger partial charge in [0.05, 0.1) is 6.10 Å². The fourth-order valence-electron chi connectivity index (χ4n) is 2.50. The van der Waals surface area contributed by atoms with Crippen molar-refractivity contribution in [3.8, 4) is 0 Å². The van der Waals surface area contributed by atoms with Crippen molar-refractivity contribution < 1.29 is 9.53 Å². The molecular formula is C16H25ClN2O2. The smallest absolute Gasteiger partial charge is 0.243 e. The average Bonchev–Trinajstić information content (AvgIpc) is 2.47. The van der Waals surface area contributed by atoms with E-state index < -0.39 is 6.04 Å². The highest BCUT2D eigenvalue weighted by molar-refractivity contribution is 5.85. The number of benzene rings is 1. The van der Waals surface area contributed by atoms with E-state index >= 15 is 0 Å². The van der Waals surface area contributed by atoms with E-state index in [-0.39, 0.29) is 24.4 Å². The number of hydrogen-bond donors (Lipinski definition) is 1. The zero-order chi connectivity index (χ0) is 14.5. The molecule has 2 N–H and O–H groups in total. The van der Waals surface area contributed by atoms with Crippen LogP contribution in [0.2, 0.25) is 0 Å². The van der Waals surface area contributed by atoms with E-state index in [1.165, 1.54) is 6.42 Å². The molecule has 0 aliphatic carbocycles. The minimum Gasteiger partial charge on any atom is -0.376 e. The Bertz CT molecular complexity index is 444. The Kier molecular flexibility index (Phi) is 7.15. The van der Waals surface area contributed by atoms with Crippen molar-refractivity contribution in [3.63, 3.8) is 0 Å². The van der Waals surface area contributed by atoms with E-state index in [1.807, 2.05) is 31.2 Å². The van der Waals surface area contributed by atoms with Crippen molar-refractivity contribution in [1.82, 2.24) is 4.90 Å². The summed E-state index contributed by atoms with van der Waals surface area (Å²) in [7, 11) is 1.80. The normalized spacial score (nSPS) is 19.5. The Morgan fingerprint density at radius 2 is 2.05 bits per heavy atom. The van der Waals surface area contributed by atoms with Crippen molar-refractivity contribution in [2.75, 3.05) is 20.2 Å². The highest BCUT2D eigenvalue weighted by atomic mass is 35.5. The maximum absolute atomic E-state index is 12.3. The minimum atomic E-state index is -0.593. The third kappa shape index (κ3) is 4.99. The minimum absolute atomic E-state index is 0. The van der Waals surface area contributed by atoms with E-state index in [0.717, 1.165) is 30.6 Å². The number of halogens is 1. The Morgan fingerprint density at radius 3 is 2.62 bits per heavy atom. The van der Waals surface area contributed by atoms with Gasteiger partial charge in [-0.25, -0.2) is 0 Å². The molecule has 0 saturated carbocycles. The first-order chi connectivity index (χ1) is 9.58. The monoisotopic (exact) mass is 312 g/mol. The molecule has 0 bridgehead atoms. The molecule has 0 aromatic heterocycles. The molecule has 1 amide bonds. The topological polar surface area (TPSA) is 55.6 Å². The second-order valence-corrected chi connectivity index (χ2v) is 5.60. The van der Waals surface area contributed by atoms with Gasteiger partial charge in [-0.2, -0.15) is 0 Å². The van der Waals surface area contributed by atoms with E-state index in [4.69, 9.17) is 10.5 Å². The van der Waals surface area contributed by atoms with Crippen LogP contribution in [0.1, 0.15) is 36.4 Å². The van der Waals surface area contributed by atoms with Gasteiger partial charge in [0, 0.05) is 20.2 Å². The second-order valence-electron chi connectivity index (χ2n) is 5.60. The Balaban J connectivity index is 0.00000220. The Labute approximate surface area is 133 Å². The molecule has 1 saturated heterocycles. The quantitative estimate of drug-likeness (QED) is 0.929. The molecule has 21 heavy (non-hydrogen) atoms. The summed E-state index contributed by atoms with van der Waals surface area (Å²) < 4.78 is 5.67. The van der Waals surface area contributed by atoms with E-state index in [2.05, 4.69) is 0 Å². The maximum atomic E-state index is 12.3. The lowest BCUT2D eigenvalue weighted by Crippen LogP contribution is -2.41. The summed E-state index contributed by atoms with van der Waals surface area (Å²) in [6.07, 6.45) is 3.48. The number of hydrogen-bond acceptors (Lipinski definition) is 3. The zero-order valence-electron chi connectivity index (χ0n) is 12.7. The number of rotatable bonds is 4. The number of ether oxygens (including phenoxy) is 1. The van der Waals surface area contributed by atoms with Crippen LogP contribution in [-0.4, -0.2) is 37.1 Å². The maximum Gasteiger partial charge on any atom is 0.243 e. The summed E-state index contributed by atoms with van der Waals surface area (Å²) in [4.78, 5) is 14.0. The molecule has 2 atom stereocenters. The number of amides is 1. The van der Waals surface area contributed by atoms with Gasteiger partial charge in [0.15, 0.2) is 0 Å². The average molecular weight is 313 g/mol. The summed E-state index contributed by atoms with van der Waals surface area (Å²) in [6, 6.07) is 7.20. The van der Waals surface area contributed by atoms with Crippen LogP contribution in [0.15, 0.2) is 24.3 Å². The first-order valence-corrected chi connectivity index (χ1v) is 7.26. The molecule has 0 spiro atoms. The number of likely N-dealkylation sites (N-methyl/N-ethyl adjacent to an activating group) is 1. The van der Waals surface area contributed by atoms with E-state index in [9.17, 15) is 4.79 Å². The van der Waals surface area contributed by atoms with Crippen LogP contribution in [0.3, 0.4) is 0 Å². The van der Waals surface area contributed by atoms with Crippen LogP contribution >= 0.6 is 12.4 Å². The van der Waals surface area contributed by atoms with Crippen molar-refractivity contribution in [2.45, 2.75) is 38.3 Å². The van der Waals surface area contributed by atoms with Gasteiger partial charge < -0.3 is 15.4 Å². The third-order valence-corrected chi connectivity index (χ3v) is 3.83. The first-order valence-electron chi connectivity index (χ1n) is 7.26. The van der Waals surface area contributed by atoms with Gasteiger partial charge in [0.2, 0.25) is 5.91 Å².